The summed E-state index contributed by atoms with van der Waals surface area (Å²) in [5.41, 5.74) is 2.84. The van der Waals surface area contributed by atoms with Crippen LogP contribution in [0, 0.1) is 5.82 Å². The van der Waals surface area contributed by atoms with Gasteiger partial charge in [0.15, 0.2) is 0 Å². The van der Waals surface area contributed by atoms with E-state index < -0.39 is 0 Å². The number of carbonyl (C=O) groups excluding carboxylic acids is 1. The van der Waals surface area contributed by atoms with Crippen molar-refractivity contribution in [2.24, 2.45) is 0 Å². The smallest absolute Gasteiger partial charge is 0.256 e. The van der Waals surface area contributed by atoms with Gasteiger partial charge in [0, 0.05) is 24.0 Å². The lowest BCUT2D eigenvalue weighted by Gasteiger charge is -2.30. The van der Waals surface area contributed by atoms with E-state index in [1.165, 1.54) is 22.6 Å². The summed E-state index contributed by atoms with van der Waals surface area (Å²) < 4.78 is 13.1. The Morgan fingerprint density at radius 2 is 2.00 bits per heavy atom. The molecule has 2 aliphatic heterocycles. The third kappa shape index (κ3) is 2.59. The van der Waals surface area contributed by atoms with Gasteiger partial charge in [0.2, 0.25) is 0 Å². The second-order valence-corrected chi connectivity index (χ2v) is 7.73. The molecule has 1 aromatic heterocycles. The van der Waals surface area contributed by atoms with Crippen molar-refractivity contribution in [1.29, 1.82) is 0 Å². The summed E-state index contributed by atoms with van der Waals surface area (Å²) in [6, 6.07) is 6.74. The van der Waals surface area contributed by atoms with E-state index in [9.17, 15) is 9.18 Å². The van der Waals surface area contributed by atoms with E-state index in [2.05, 4.69) is 29.4 Å². The Bertz CT molecular complexity index is 784. The lowest BCUT2D eigenvalue weighted by atomic mass is 9.99. The Kier molecular flexibility index (Phi) is 3.81. The molecule has 1 atom stereocenters. The maximum atomic E-state index is 13.1. The highest BCUT2D eigenvalue weighted by Crippen LogP contribution is 2.40. The fourth-order valence-corrected chi connectivity index (χ4v) is 4.70. The zero-order chi connectivity index (χ0) is 16.8. The highest BCUT2D eigenvalue weighted by molar-refractivity contribution is 7.16. The summed E-state index contributed by atoms with van der Waals surface area (Å²) in [6.45, 7) is 6.30. The third-order valence-corrected chi connectivity index (χ3v) is 5.95. The number of thiophene rings is 1. The van der Waals surface area contributed by atoms with Crippen LogP contribution in [0.5, 0.6) is 0 Å². The zero-order valence-electron chi connectivity index (χ0n) is 13.7. The van der Waals surface area contributed by atoms with Crippen LogP contribution in [-0.4, -0.2) is 23.4 Å². The van der Waals surface area contributed by atoms with Gasteiger partial charge in [0.05, 0.1) is 5.56 Å². The Labute approximate surface area is 144 Å². The number of hydrogen-bond acceptors (Lipinski definition) is 4. The molecule has 1 unspecified atom stereocenters. The molecule has 2 aliphatic rings. The van der Waals surface area contributed by atoms with Gasteiger partial charge in [-0.05, 0) is 43.5 Å². The van der Waals surface area contributed by atoms with Crippen LogP contribution in [0.1, 0.15) is 46.4 Å². The van der Waals surface area contributed by atoms with Crippen molar-refractivity contribution in [3.63, 3.8) is 0 Å². The van der Waals surface area contributed by atoms with Crippen LogP contribution in [0.4, 0.5) is 9.39 Å². The van der Waals surface area contributed by atoms with Crippen LogP contribution in [-0.2, 0) is 13.0 Å². The fourth-order valence-electron chi connectivity index (χ4n) is 3.40. The average molecular weight is 345 g/mol. The van der Waals surface area contributed by atoms with Gasteiger partial charge in [0.25, 0.3) is 5.91 Å². The number of rotatable bonds is 2. The minimum atomic E-state index is -0.313. The Balaban J connectivity index is 1.65. The number of nitrogens with zero attached hydrogens (tertiary/aromatic N) is 1. The zero-order valence-corrected chi connectivity index (χ0v) is 14.5. The maximum absolute atomic E-state index is 13.1. The Hall–Kier alpha value is -1.92. The number of benzene rings is 1. The summed E-state index contributed by atoms with van der Waals surface area (Å²) in [5.74, 6) is -0.310. The standard InChI is InChI=1S/C18H20FN3OS/c1-10(2)22-8-7-13-14(9-22)24-18-15(13)17(23)20-16(21-18)11-3-5-12(19)6-4-11/h3-6,10,16,21H,7-9H2,1-2H3,(H,20,23). The van der Waals surface area contributed by atoms with Crippen molar-refractivity contribution >= 4 is 22.2 Å². The molecule has 0 aliphatic carbocycles. The van der Waals surface area contributed by atoms with Gasteiger partial charge in [-0.1, -0.05) is 12.1 Å². The average Bonchev–Trinajstić information content (AvgIpc) is 2.93. The van der Waals surface area contributed by atoms with Crippen molar-refractivity contribution in [3.05, 3.63) is 51.7 Å². The van der Waals surface area contributed by atoms with Crippen LogP contribution in [0.2, 0.25) is 0 Å². The van der Waals surface area contributed by atoms with E-state index >= 15 is 0 Å². The quantitative estimate of drug-likeness (QED) is 0.875. The predicted molar refractivity (Wildman–Crippen MR) is 93.8 cm³/mol. The number of hydrogen-bond donors (Lipinski definition) is 2. The molecule has 24 heavy (non-hydrogen) atoms. The number of nitrogens with one attached hydrogen (secondary N) is 2. The minimum Gasteiger partial charge on any atom is -0.353 e. The molecular weight excluding hydrogens is 325 g/mol. The first-order chi connectivity index (χ1) is 11.5. The molecule has 4 nitrogen and oxygen atoms in total. The highest BCUT2D eigenvalue weighted by Gasteiger charge is 2.33. The monoisotopic (exact) mass is 345 g/mol. The molecule has 0 fully saturated rings. The molecule has 126 valence electrons. The van der Waals surface area contributed by atoms with Crippen LogP contribution < -0.4 is 10.6 Å². The Morgan fingerprint density at radius 1 is 1.25 bits per heavy atom. The molecule has 2 aromatic rings. The number of carbonyl (C=O) groups is 1. The van der Waals surface area contributed by atoms with Crippen LogP contribution in [0.15, 0.2) is 24.3 Å². The SMILES string of the molecule is CC(C)N1CCc2c(sc3c2C(=O)NC(c2ccc(F)cc2)N3)C1. The second kappa shape index (κ2) is 5.86. The maximum Gasteiger partial charge on any atom is 0.256 e. The van der Waals surface area contributed by atoms with Gasteiger partial charge in [-0.15, -0.1) is 11.3 Å². The summed E-state index contributed by atoms with van der Waals surface area (Å²) in [6.07, 6.45) is 0.599. The van der Waals surface area contributed by atoms with Crippen molar-refractivity contribution in [2.45, 2.75) is 39.0 Å². The van der Waals surface area contributed by atoms with E-state index in [-0.39, 0.29) is 17.9 Å². The van der Waals surface area contributed by atoms with Crippen molar-refractivity contribution in [3.8, 4) is 0 Å². The first-order valence-corrected chi connectivity index (χ1v) is 9.06. The molecule has 1 aromatic carbocycles. The molecular formula is C18H20FN3OS. The van der Waals surface area contributed by atoms with E-state index in [1.54, 1.807) is 23.5 Å². The summed E-state index contributed by atoms with van der Waals surface area (Å²) in [5, 5.41) is 7.34. The largest absolute Gasteiger partial charge is 0.353 e. The first-order valence-electron chi connectivity index (χ1n) is 8.24. The van der Waals surface area contributed by atoms with Crippen LogP contribution >= 0.6 is 11.3 Å². The molecule has 0 spiro atoms. The van der Waals surface area contributed by atoms with Crippen LogP contribution in [0.3, 0.4) is 0 Å². The third-order valence-electron chi connectivity index (χ3n) is 4.80. The first kappa shape index (κ1) is 15.6. The van der Waals surface area contributed by atoms with Crippen LogP contribution in [0.25, 0.3) is 0 Å². The van der Waals surface area contributed by atoms with E-state index in [0.29, 0.717) is 6.04 Å². The van der Waals surface area contributed by atoms with E-state index in [0.717, 1.165) is 35.6 Å². The predicted octanol–water partition coefficient (Wildman–Crippen LogP) is 3.51. The number of halogens is 1. The van der Waals surface area contributed by atoms with Gasteiger partial charge < -0.3 is 10.6 Å². The van der Waals surface area contributed by atoms with Gasteiger partial charge in [-0.3, -0.25) is 9.69 Å². The second-order valence-electron chi connectivity index (χ2n) is 6.62. The molecule has 4 rings (SSSR count). The number of amides is 1. The van der Waals surface area contributed by atoms with Gasteiger partial charge in [-0.25, -0.2) is 4.39 Å². The van der Waals surface area contributed by atoms with E-state index in [1.807, 2.05) is 0 Å². The fraction of sp³-hybridized carbons (Fsp3) is 0.389. The minimum absolute atomic E-state index is 0.0337. The lowest BCUT2D eigenvalue weighted by Crippen LogP contribution is -2.39. The van der Waals surface area contributed by atoms with Crippen molar-refractivity contribution in [2.75, 3.05) is 11.9 Å². The summed E-state index contributed by atoms with van der Waals surface area (Å²) in [7, 11) is 0. The topological polar surface area (TPSA) is 44.4 Å². The lowest BCUT2D eigenvalue weighted by molar-refractivity contribution is 0.0934. The normalized spacial score (nSPS) is 20.3. The Morgan fingerprint density at radius 3 is 2.71 bits per heavy atom. The molecule has 0 bridgehead atoms. The number of anilines is 1. The van der Waals surface area contributed by atoms with E-state index in [4.69, 9.17) is 0 Å². The van der Waals surface area contributed by atoms with Gasteiger partial charge >= 0.3 is 0 Å². The molecule has 1 amide bonds. The molecule has 3 heterocycles. The summed E-state index contributed by atoms with van der Waals surface area (Å²) in [4.78, 5) is 16.4. The molecule has 2 N–H and O–H groups in total. The molecule has 0 saturated heterocycles. The highest BCUT2D eigenvalue weighted by atomic mass is 32.1. The van der Waals surface area contributed by atoms with Crippen molar-refractivity contribution < 1.29 is 9.18 Å². The van der Waals surface area contributed by atoms with Gasteiger partial charge in [-0.2, -0.15) is 0 Å². The van der Waals surface area contributed by atoms with Gasteiger partial charge in [0.1, 0.15) is 17.0 Å². The molecule has 6 heteroatoms. The van der Waals surface area contributed by atoms with Crippen molar-refractivity contribution in [1.82, 2.24) is 10.2 Å². The molecule has 0 saturated carbocycles. The molecule has 0 radical (unpaired) electrons. The summed E-state index contributed by atoms with van der Waals surface area (Å²) >= 11 is 1.68. The number of fused-ring (bicyclic) bond motifs is 3.